The van der Waals surface area contributed by atoms with Crippen LogP contribution in [0.1, 0.15) is 19.8 Å². The predicted molar refractivity (Wildman–Crippen MR) is 68.7 cm³/mol. The van der Waals surface area contributed by atoms with E-state index >= 15 is 0 Å². The van der Waals surface area contributed by atoms with E-state index in [1.54, 1.807) is 12.4 Å². The highest BCUT2D eigenvalue weighted by Gasteiger charge is 1.99. The minimum Gasteiger partial charge on any atom is -0.396 e. The van der Waals surface area contributed by atoms with Gasteiger partial charge in [0.15, 0.2) is 0 Å². The van der Waals surface area contributed by atoms with Gasteiger partial charge in [-0.25, -0.2) is 9.97 Å². The van der Waals surface area contributed by atoms with Crippen LogP contribution in [0.15, 0.2) is 12.4 Å². The lowest BCUT2D eigenvalue weighted by molar-refractivity contribution is 0.229. The van der Waals surface area contributed by atoms with Gasteiger partial charge in [0.05, 0.1) is 0 Å². The summed E-state index contributed by atoms with van der Waals surface area (Å²) in [5, 5.41) is 12.0. The van der Waals surface area contributed by atoms with E-state index < -0.39 is 0 Å². The molecule has 0 aliphatic rings. The first-order valence-electron chi connectivity index (χ1n) is 5.04. The third kappa shape index (κ3) is 5.27. The minimum absolute atomic E-state index is 0.264. The Balaban J connectivity index is 2.17. The Morgan fingerprint density at radius 3 is 2.73 bits per heavy atom. The molecule has 2 N–H and O–H groups in total. The van der Waals surface area contributed by atoms with Crippen molar-refractivity contribution < 1.29 is 5.11 Å². The molecule has 0 spiro atoms. The second-order valence-electron chi connectivity index (χ2n) is 3.58. The molecule has 1 aromatic rings. The summed E-state index contributed by atoms with van der Waals surface area (Å²) >= 11 is 2.17. The molecule has 15 heavy (non-hydrogen) atoms. The van der Waals surface area contributed by atoms with E-state index in [4.69, 9.17) is 5.11 Å². The summed E-state index contributed by atoms with van der Waals surface area (Å²) in [6.45, 7) is 3.16. The first-order valence-corrected chi connectivity index (χ1v) is 6.12. The molecule has 0 saturated carbocycles. The normalized spacial score (nSPS) is 12.5. The van der Waals surface area contributed by atoms with Gasteiger partial charge in [0.2, 0.25) is 5.95 Å². The summed E-state index contributed by atoms with van der Waals surface area (Å²) in [7, 11) is 0. The van der Waals surface area contributed by atoms with Crippen LogP contribution >= 0.6 is 22.6 Å². The highest BCUT2D eigenvalue weighted by Crippen LogP contribution is 2.05. The monoisotopic (exact) mass is 321 g/mol. The van der Waals surface area contributed by atoms with Crippen molar-refractivity contribution in [3.05, 3.63) is 16.0 Å². The number of halogens is 1. The third-order valence-corrected chi connectivity index (χ3v) is 2.65. The number of hydrogen-bond acceptors (Lipinski definition) is 4. The number of nitrogens with zero attached hydrogens (tertiary/aromatic N) is 2. The lowest BCUT2D eigenvalue weighted by Gasteiger charge is -2.07. The van der Waals surface area contributed by atoms with Crippen molar-refractivity contribution in [2.75, 3.05) is 18.5 Å². The number of anilines is 1. The zero-order valence-electron chi connectivity index (χ0n) is 8.78. The molecule has 0 aliphatic carbocycles. The zero-order chi connectivity index (χ0) is 11.1. The van der Waals surface area contributed by atoms with Gasteiger partial charge < -0.3 is 10.4 Å². The van der Waals surface area contributed by atoms with E-state index in [1.807, 2.05) is 6.92 Å². The van der Waals surface area contributed by atoms with E-state index in [1.165, 1.54) is 0 Å². The molecular weight excluding hydrogens is 305 g/mol. The van der Waals surface area contributed by atoms with Gasteiger partial charge in [-0.15, -0.1) is 0 Å². The Bertz CT molecular complexity index is 279. The van der Waals surface area contributed by atoms with E-state index in [0.29, 0.717) is 11.9 Å². The summed E-state index contributed by atoms with van der Waals surface area (Å²) in [5.74, 6) is 1.05. The molecule has 5 heteroatoms. The van der Waals surface area contributed by atoms with E-state index in [0.717, 1.165) is 23.0 Å². The standard InChI is InChI=1S/C10H16IN3O/c1-8(7-15)3-2-4-12-10-13-5-9(11)6-14-10/h5-6,8,15H,2-4,7H2,1H3,(H,12,13,14). The fourth-order valence-corrected chi connectivity index (χ4v) is 1.42. The first kappa shape index (κ1) is 12.6. The van der Waals surface area contributed by atoms with Crippen molar-refractivity contribution >= 4 is 28.5 Å². The number of aliphatic hydroxyl groups is 1. The van der Waals surface area contributed by atoms with Crippen molar-refractivity contribution in [1.82, 2.24) is 9.97 Å². The average molecular weight is 321 g/mol. The van der Waals surface area contributed by atoms with Crippen LogP contribution in [0, 0.1) is 9.49 Å². The summed E-state index contributed by atoms with van der Waals surface area (Å²) in [5.41, 5.74) is 0. The van der Waals surface area contributed by atoms with Crippen LogP contribution in [-0.2, 0) is 0 Å². The maximum atomic E-state index is 8.84. The average Bonchev–Trinajstić information content (AvgIpc) is 2.26. The lowest BCUT2D eigenvalue weighted by Crippen LogP contribution is -2.08. The van der Waals surface area contributed by atoms with Crippen LogP contribution in [0.4, 0.5) is 5.95 Å². The molecule has 0 aromatic carbocycles. The summed E-state index contributed by atoms with van der Waals surface area (Å²) in [6.07, 6.45) is 5.61. The number of hydrogen-bond donors (Lipinski definition) is 2. The fourth-order valence-electron chi connectivity index (χ4n) is 1.15. The van der Waals surface area contributed by atoms with Gasteiger partial charge in [-0.05, 0) is 41.4 Å². The lowest BCUT2D eigenvalue weighted by atomic mass is 10.1. The topological polar surface area (TPSA) is 58.0 Å². The number of nitrogens with one attached hydrogen (secondary N) is 1. The Hall–Kier alpha value is -0.430. The number of aromatic nitrogens is 2. The largest absolute Gasteiger partial charge is 0.396 e. The SMILES string of the molecule is CC(CO)CCCNc1ncc(I)cn1. The molecule has 1 unspecified atom stereocenters. The molecule has 4 nitrogen and oxygen atoms in total. The van der Waals surface area contributed by atoms with Gasteiger partial charge >= 0.3 is 0 Å². The maximum Gasteiger partial charge on any atom is 0.222 e. The summed E-state index contributed by atoms with van der Waals surface area (Å²) in [4.78, 5) is 8.27. The molecule has 1 heterocycles. The van der Waals surface area contributed by atoms with E-state index in [9.17, 15) is 0 Å². The Labute approximate surface area is 104 Å². The molecule has 0 fully saturated rings. The quantitative estimate of drug-likeness (QED) is 0.621. The van der Waals surface area contributed by atoms with Crippen molar-refractivity contribution in [2.45, 2.75) is 19.8 Å². The van der Waals surface area contributed by atoms with Gasteiger partial charge in [0, 0.05) is 29.1 Å². The van der Waals surface area contributed by atoms with Crippen LogP contribution in [0.3, 0.4) is 0 Å². The van der Waals surface area contributed by atoms with Crippen molar-refractivity contribution in [3.8, 4) is 0 Å². The molecule has 0 radical (unpaired) electrons. The van der Waals surface area contributed by atoms with Crippen LogP contribution in [0.25, 0.3) is 0 Å². The van der Waals surface area contributed by atoms with Crippen molar-refractivity contribution in [1.29, 1.82) is 0 Å². The zero-order valence-corrected chi connectivity index (χ0v) is 10.9. The van der Waals surface area contributed by atoms with Crippen molar-refractivity contribution in [3.63, 3.8) is 0 Å². The molecule has 1 atom stereocenters. The van der Waals surface area contributed by atoms with Crippen LogP contribution in [0.2, 0.25) is 0 Å². The molecule has 1 rings (SSSR count). The summed E-state index contributed by atoms with van der Waals surface area (Å²) < 4.78 is 1.03. The predicted octanol–water partition coefficient (Wildman–Crippen LogP) is 1.90. The van der Waals surface area contributed by atoms with Crippen LogP contribution in [0.5, 0.6) is 0 Å². The first-order chi connectivity index (χ1) is 7.22. The van der Waals surface area contributed by atoms with Crippen molar-refractivity contribution in [2.24, 2.45) is 5.92 Å². The molecule has 0 bridgehead atoms. The molecule has 0 aliphatic heterocycles. The van der Waals surface area contributed by atoms with Gasteiger partial charge in [-0.2, -0.15) is 0 Å². The Morgan fingerprint density at radius 2 is 2.13 bits per heavy atom. The number of rotatable bonds is 6. The van der Waals surface area contributed by atoms with Gasteiger partial charge in [0.25, 0.3) is 0 Å². The highest BCUT2D eigenvalue weighted by atomic mass is 127. The molecular formula is C10H16IN3O. The smallest absolute Gasteiger partial charge is 0.222 e. The highest BCUT2D eigenvalue weighted by molar-refractivity contribution is 14.1. The second-order valence-corrected chi connectivity index (χ2v) is 4.83. The summed E-state index contributed by atoms with van der Waals surface area (Å²) in [6, 6.07) is 0. The maximum absolute atomic E-state index is 8.84. The minimum atomic E-state index is 0.264. The van der Waals surface area contributed by atoms with Crippen LogP contribution < -0.4 is 5.32 Å². The van der Waals surface area contributed by atoms with Gasteiger partial charge in [-0.1, -0.05) is 6.92 Å². The van der Waals surface area contributed by atoms with Gasteiger partial charge in [-0.3, -0.25) is 0 Å². The fraction of sp³-hybridized carbons (Fsp3) is 0.600. The van der Waals surface area contributed by atoms with E-state index in [2.05, 4.69) is 37.9 Å². The Kier molecular flexibility index (Phi) is 5.85. The third-order valence-electron chi connectivity index (χ3n) is 2.09. The number of aliphatic hydroxyl groups excluding tert-OH is 1. The van der Waals surface area contributed by atoms with Gasteiger partial charge in [0.1, 0.15) is 0 Å². The Morgan fingerprint density at radius 1 is 1.47 bits per heavy atom. The molecule has 1 aromatic heterocycles. The van der Waals surface area contributed by atoms with Crippen LogP contribution in [-0.4, -0.2) is 28.2 Å². The molecule has 0 amide bonds. The molecule has 84 valence electrons. The molecule has 0 saturated heterocycles. The van der Waals surface area contributed by atoms with E-state index in [-0.39, 0.29) is 6.61 Å². The second kappa shape index (κ2) is 6.95.